The molecule has 0 aliphatic rings. The van der Waals surface area contributed by atoms with Crippen molar-refractivity contribution in [3.05, 3.63) is 71.8 Å². The molecule has 0 bridgehead atoms. The fourth-order valence-corrected chi connectivity index (χ4v) is 2.83. The first-order valence-corrected chi connectivity index (χ1v) is 9.43. The number of carbonyl (C=O) groups excluding carboxylic acids is 1. The molecular formula is C23H24N2O3. The van der Waals surface area contributed by atoms with Gasteiger partial charge in [-0.2, -0.15) is 5.10 Å². The first-order chi connectivity index (χ1) is 13.7. The quantitative estimate of drug-likeness (QED) is 0.454. The van der Waals surface area contributed by atoms with Crippen LogP contribution in [0.25, 0.3) is 10.8 Å². The van der Waals surface area contributed by atoms with Crippen LogP contribution in [0.1, 0.15) is 36.2 Å². The Morgan fingerprint density at radius 3 is 2.54 bits per heavy atom. The summed E-state index contributed by atoms with van der Waals surface area (Å²) in [5.41, 5.74) is 3.93. The van der Waals surface area contributed by atoms with E-state index >= 15 is 0 Å². The molecule has 28 heavy (non-hydrogen) atoms. The molecule has 0 aliphatic heterocycles. The van der Waals surface area contributed by atoms with Gasteiger partial charge in [-0.25, -0.2) is 5.43 Å². The lowest BCUT2D eigenvalue weighted by molar-refractivity contribution is 0.0955. The van der Waals surface area contributed by atoms with Crippen LogP contribution in [0.4, 0.5) is 0 Å². The Hall–Kier alpha value is -3.34. The molecule has 0 atom stereocenters. The van der Waals surface area contributed by atoms with Crippen LogP contribution < -0.4 is 14.9 Å². The van der Waals surface area contributed by atoms with Crippen LogP contribution in [-0.4, -0.2) is 25.3 Å². The predicted octanol–water partition coefficient (Wildman–Crippen LogP) is 4.79. The van der Waals surface area contributed by atoms with Crippen molar-refractivity contribution in [3.63, 3.8) is 0 Å². The average molecular weight is 376 g/mol. The van der Waals surface area contributed by atoms with Gasteiger partial charge < -0.3 is 9.47 Å². The maximum Gasteiger partial charge on any atom is 0.271 e. The fraction of sp³-hybridized carbons (Fsp3) is 0.217. The molecule has 144 valence electrons. The number of hydrogen-bond donors (Lipinski definition) is 1. The second-order valence-electron chi connectivity index (χ2n) is 6.20. The third-order valence-electron chi connectivity index (χ3n) is 4.18. The number of nitrogens with zero attached hydrogens (tertiary/aromatic N) is 1. The van der Waals surface area contributed by atoms with E-state index in [0.717, 1.165) is 34.3 Å². The number of fused-ring (bicyclic) bond motifs is 1. The van der Waals surface area contributed by atoms with E-state index < -0.39 is 0 Å². The third kappa shape index (κ3) is 4.68. The molecule has 0 spiro atoms. The molecule has 3 aromatic rings. The summed E-state index contributed by atoms with van der Waals surface area (Å²) in [5, 5.41) is 6.25. The summed E-state index contributed by atoms with van der Waals surface area (Å²) in [7, 11) is 0. The van der Waals surface area contributed by atoms with Crippen molar-refractivity contribution in [2.45, 2.75) is 20.3 Å². The topological polar surface area (TPSA) is 59.9 Å². The first-order valence-electron chi connectivity index (χ1n) is 9.43. The Morgan fingerprint density at radius 2 is 1.79 bits per heavy atom. The lowest BCUT2D eigenvalue weighted by Gasteiger charge is -2.10. The second-order valence-corrected chi connectivity index (χ2v) is 6.20. The third-order valence-corrected chi connectivity index (χ3v) is 4.18. The summed E-state index contributed by atoms with van der Waals surface area (Å²) in [6.07, 6.45) is 2.57. The van der Waals surface area contributed by atoms with Crippen molar-refractivity contribution in [2.24, 2.45) is 5.10 Å². The van der Waals surface area contributed by atoms with Gasteiger partial charge in [-0.15, -0.1) is 0 Å². The molecule has 3 aromatic carbocycles. The Labute approximate surface area is 165 Å². The number of benzene rings is 3. The van der Waals surface area contributed by atoms with Gasteiger partial charge in [0.05, 0.1) is 19.4 Å². The highest BCUT2D eigenvalue weighted by molar-refractivity contribution is 6.03. The van der Waals surface area contributed by atoms with E-state index in [9.17, 15) is 4.79 Å². The Kier molecular flexibility index (Phi) is 6.63. The number of hydrazone groups is 1. The lowest BCUT2D eigenvalue weighted by atomic mass is 10.0. The van der Waals surface area contributed by atoms with Gasteiger partial charge in [0.25, 0.3) is 5.91 Å². The van der Waals surface area contributed by atoms with Crippen molar-refractivity contribution < 1.29 is 14.3 Å². The van der Waals surface area contributed by atoms with Gasteiger partial charge in [-0.3, -0.25) is 4.79 Å². The average Bonchev–Trinajstić information content (AvgIpc) is 2.74. The van der Waals surface area contributed by atoms with Gasteiger partial charge in [-0.05, 0) is 54.4 Å². The largest absolute Gasteiger partial charge is 0.494 e. The van der Waals surface area contributed by atoms with Crippen molar-refractivity contribution >= 4 is 22.9 Å². The van der Waals surface area contributed by atoms with Crippen molar-refractivity contribution in [3.8, 4) is 11.5 Å². The van der Waals surface area contributed by atoms with Crippen LogP contribution >= 0.6 is 0 Å². The SMILES string of the molecule is CCCOc1ccc(C(=O)N/N=C/c2c(OCC)ccc3ccccc23)cc1. The van der Waals surface area contributed by atoms with Gasteiger partial charge in [-0.1, -0.05) is 37.3 Å². The molecule has 3 rings (SSSR count). The summed E-state index contributed by atoms with van der Waals surface area (Å²) in [4.78, 5) is 12.3. The van der Waals surface area contributed by atoms with Gasteiger partial charge >= 0.3 is 0 Å². The number of hydrogen-bond acceptors (Lipinski definition) is 4. The highest BCUT2D eigenvalue weighted by Gasteiger charge is 2.08. The fourth-order valence-electron chi connectivity index (χ4n) is 2.83. The zero-order chi connectivity index (χ0) is 19.8. The van der Waals surface area contributed by atoms with Crippen LogP contribution in [-0.2, 0) is 0 Å². The van der Waals surface area contributed by atoms with E-state index in [4.69, 9.17) is 9.47 Å². The van der Waals surface area contributed by atoms with E-state index in [1.54, 1.807) is 30.5 Å². The molecule has 0 heterocycles. The predicted molar refractivity (Wildman–Crippen MR) is 112 cm³/mol. The molecule has 0 aliphatic carbocycles. The summed E-state index contributed by atoms with van der Waals surface area (Å²) in [5.74, 6) is 1.20. The van der Waals surface area contributed by atoms with Gasteiger partial charge in [0.2, 0.25) is 0 Å². The van der Waals surface area contributed by atoms with E-state index in [1.165, 1.54) is 0 Å². The van der Waals surface area contributed by atoms with E-state index in [-0.39, 0.29) is 5.91 Å². The van der Waals surface area contributed by atoms with Crippen LogP contribution in [0.15, 0.2) is 65.8 Å². The highest BCUT2D eigenvalue weighted by atomic mass is 16.5. The zero-order valence-corrected chi connectivity index (χ0v) is 16.1. The van der Waals surface area contributed by atoms with E-state index in [2.05, 4.69) is 10.5 Å². The standard InChI is InChI=1S/C23H24N2O3/c1-3-15-28-19-12-9-18(10-13-19)23(26)25-24-16-21-20-8-6-5-7-17(20)11-14-22(21)27-4-2/h5-14,16H,3-4,15H2,1-2H3,(H,25,26)/b24-16+. The monoisotopic (exact) mass is 376 g/mol. The molecule has 0 aromatic heterocycles. The van der Waals surface area contributed by atoms with Crippen molar-refractivity contribution in [1.82, 2.24) is 5.43 Å². The Morgan fingerprint density at radius 1 is 1.00 bits per heavy atom. The maximum absolute atomic E-state index is 12.3. The van der Waals surface area contributed by atoms with Crippen molar-refractivity contribution in [1.29, 1.82) is 0 Å². The molecular weight excluding hydrogens is 352 g/mol. The highest BCUT2D eigenvalue weighted by Crippen LogP contribution is 2.26. The van der Waals surface area contributed by atoms with Crippen LogP contribution in [0, 0.1) is 0 Å². The zero-order valence-electron chi connectivity index (χ0n) is 16.1. The molecule has 1 amide bonds. The second kappa shape index (κ2) is 9.55. The lowest BCUT2D eigenvalue weighted by Crippen LogP contribution is -2.17. The first kappa shape index (κ1) is 19.4. The number of carbonyl (C=O) groups is 1. The Bertz CT molecular complexity index is 965. The van der Waals surface area contributed by atoms with E-state index in [1.807, 2.05) is 50.2 Å². The number of rotatable bonds is 8. The van der Waals surface area contributed by atoms with Gasteiger partial charge in [0.1, 0.15) is 11.5 Å². The summed E-state index contributed by atoms with van der Waals surface area (Å²) >= 11 is 0. The molecule has 0 saturated carbocycles. The molecule has 0 unspecified atom stereocenters. The summed E-state index contributed by atoms with van der Waals surface area (Å²) < 4.78 is 11.2. The van der Waals surface area contributed by atoms with Crippen LogP contribution in [0.3, 0.4) is 0 Å². The van der Waals surface area contributed by atoms with E-state index in [0.29, 0.717) is 18.8 Å². The summed E-state index contributed by atoms with van der Waals surface area (Å²) in [6, 6.07) is 18.9. The maximum atomic E-state index is 12.3. The molecule has 5 nitrogen and oxygen atoms in total. The van der Waals surface area contributed by atoms with Crippen LogP contribution in [0.2, 0.25) is 0 Å². The van der Waals surface area contributed by atoms with Crippen molar-refractivity contribution in [2.75, 3.05) is 13.2 Å². The normalized spacial score (nSPS) is 10.9. The minimum atomic E-state index is -0.281. The minimum Gasteiger partial charge on any atom is -0.494 e. The number of ether oxygens (including phenoxy) is 2. The molecule has 0 saturated heterocycles. The molecule has 0 fully saturated rings. The molecule has 5 heteroatoms. The molecule has 0 radical (unpaired) electrons. The van der Waals surface area contributed by atoms with Crippen LogP contribution in [0.5, 0.6) is 11.5 Å². The Balaban J connectivity index is 1.75. The minimum absolute atomic E-state index is 0.281. The smallest absolute Gasteiger partial charge is 0.271 e. The number of amides is 1. The van der Waals surface area contributed by atoms with Gasteiger partial charge in [0, 0.05) is 11.1 Å². The molecule has 1 N–H and O–H groups in total. The summed E-state index contributed by atoms with van der Waals surface area (Å²) in [6.45, 7) is 5.19. The van der Waals surface area contributed by atoms with Gasteiger partial charge in [0.15, 0.2) is 0 Å². The number of nitrogens with one attached hydrogen (secondary N) is 1.